The quantitative estimate of drug-likeness (QED) is 0.713. The SMILES string of the molecule is CCOC(=O)CN(C)C(=O)CCc1c(C)nc2c(C(N)=O)cnn2c1C. The molecule has 0 saturated heterocycles. The molecule has 2 heterocycles. The Morgan fingerprint density at radius 1 is 1.31 bits per heavy atom. The minimum Gasteiger partial charge on any atom is -0.465 e. The molecule has 0 bridgehead atoms. The average molecular weight is 361 g/mol. The first-order valence-corrected chi connectivity index (χ1v) is 8.29. The Balaban J connectivity index is 2.15. The van der Waals surface area contributed by atoms with Crippen molar-refractivity contribution in [3.05, 3.63) is 28.7 Å². The van der Waals surface area contributed by atoms with Crippen LogP contribution in [0.3, 0.4) is 0 Å². The van der Waals surface area contributed by atoms with Gasteiger partial charge < -0.3 is 15.4 Å². The molecule has 2 aromatic heterocycles. The van der Waals surface area contributed by atoms with Gasteiger partial charge in [0.2, 0.25) is 5.91 Å². The Kier molecular flexibility index (Phi) is 5.91. The van der Waals surface area contributed by atoms with Crippen LogP contribution in [-0.2, 0) is 20.7 Å². The summed E-state index contributed by atoms with van der Waals surface area (Å²) in [5.74, 6) is -1.20. The van der Waals surface area contributed by atoms with Gasteiger partial charge in [-0.05, 0) is 32.8 Å². The minimum atomic E-state index is -0.588. The van der Waals surface area contributed by atoms with E-state index in [2.05, 4.69) is 10.1 Å². The number of nitrogens with zero attached hydrogens (tertiary/aromatic N) is 4. The van der Waals surface area contributed by atoms with Gasteiger partial charge in [0.25, 0.3) is 5.91 Å². The van der Waals surface area contributed by atoms with Crippen molar-refractivity contribution in [1.29, 1.82) is 0 Å². The summed E-state index contributed by atoms with van der Waals surface area (Å²) in [4.78, 5) is 40.9. The second-order valence-corrected chi connectivity index (χ2v) is 5.97. The number of ether oxygens (including phenoxy) is 1. The third-order valence-electron chi connectivity index (χ3n) is 4.16. The lowest BCUT2D eigenvalue weighted by molar-refractivity contribution is -0.148. The molecule has 9 nitrogen and oxygen atoms in total. The Hall–Kier alpha value is -2.97. The number of amides is 2. The summed E-state index contributed by atoms with van der Waals surface area (Å²) in [6.07, 6.45) is 2.05. The summed E-state index contributed by atoms with van der Waals surface area (Å²) in [6, 6.07) is 0. The van der Waals surface area contributed by atoms with Crippen LogP contribution in [0.25, 0.3) is 5.65 Å². The van der Waals surface area contributed by atoms with E-state index >= 15 is 0 Å². The molecule has 2 rings (SSSR count). The van der Waals surface area contributed by atoms with Crippen molar-refractivity contribution >= 4 is 23.4 Å². The second kappa shape index (κ2) is 7.94. The molecule has 140 valence electrons. The number of carbonyl (C=O) groups is 3. The summed E-state index contributed by atoms with van der Waals surface area (Å²) >= 11 is 0. The zero-order valence-electron chi connectivity index (χ0n) is 15.4. The Labute approximate surface area is 151 Å². The number of fused-ring (bicyclic) bond motifs is 1. The summed E-state index contributed by atoms with van der Waals surface area (Å²) in [7, 11) is 1.56. The average Bonchev–Trinajstić information content (AvgIpc) is 2.98. The van der Waals surface area contributed by atoms with Crippen molar-refractivity contribution in [2.45, 2.75) is 33.6 Å². The van der Waals surface area contributed by atoms with Gasteiger partial charge >= 0.3 is 5.97 Å². The maximum absolute atomic E-state index is 12.2. The largest absolute Gasteiger partial charge is 0.465 e. The van der Waals surface area contributed by atoms with E-state index in [0.717, 1.165) is 11.3 Å². The van der Waals surface area contributed by atoms with Crippen LogP contribution in [0.5, 0.6) is 0 Å². The Morgan fingerprint density at radius 3 is 2.62 bits per heavy atom. The Bertz CT molecular complexity index is 858. The van der Waals surface area contributed by atoms with Gasteiger partial charge in [-0.2, -0.15) is 5.10 Å². The zero-order chi connectivity index (χ0) is 19.4. The highest BCUT2D eigenvalue weighted by molar-refractivity contribution is 5.98. The summed E-state index contributed by atoms with van der Waals surface area (Å²) in [6.45, 7) is 5.58. The lowest BCUT2D eigenvalue weighted by atomic mass is 10.1. The summed E-state index contributed by atoms with van der Waals surface area (Å²) in [5, 5.41) is 4.16. The number of esters is 1. The van der Waals surface area contributed by atoms with Gasteiger partial charge in [-0.25, -0.2) is 9.50 Å². The first kappa shape index (κ1) is 19.4. The second-order valence-electron chi connectivity index (χ2n) is 5.97. The predicted molar refractivity (Wildman–Crippen MR) is 93.6 cm³/mol. The molecule has 26 heavy (non-hydrogen) atoms. The van der Waals surface area contributed by atoms with E-state index in [-0.39, 0.29) is 31.0 Å². The van der Waals surface area contributed by atoms with Gasteiger partial charge in [0, 0.05) is 24.9 Å². The van der Waals surface area contributed by atoms with E-state index in [1.165, 1.54) is 11.1 Å². The highest BCUT2D eigenvalue weighted by Gasteiger charge is 2.18. The number of aromatic nitrogens is 3. The third-order valence-corrected chi connectivity index (χ3v) is 4.16. The third kappa shape index (κ3) is 3.98. The molecule has 0 aliphatic heterocycles. The van der Waals surface area contributed by atoms with Crippen molar-refractivity contribution in [3.8, 4) is 0 Å². The van der Waals surface area contributed by atoms with Crippen molar-refractivity contribution < 1.29 is 19.1 Å². The lowest BCUT2D eigenvalue weighted by Gasteiger charge is -2.17. The smallest absolute Gasteiger partial charge is 0.325 e. The number of likely N-dealkylation sites (N-methyl/N-ethyl adjacent to an activating group) is 1. The fraction of sp³-hybridized carbons (Fsp3) is 0.471. The number of rotatable bonds is 7. The molecule has 0 aliphatic carbocycles. The molecule has 2 N–H and O–H groups in total. The molecule has 0 saturated carbocycles. The van der Waals surface area contributed by atoms with Crippen LogP contribution in [0.4, 0.5) is 0 Å². The van der Waals surface area contributed by atoms with E-state index < -0.39 is 11.9 Å². The zero-order valence-corrected chi connectivity index (χ0v) is 15.4. The lowest BCUT2D eigenvalue weighted by Crippen LogP contribution is -2.33. The molecule has 2 amide bonds. The number of primary amides is 1. The molecule has 0 fully saturated rings. The van der Waals surface area contributed by atoms with E-state index in [4.69, 9.17) is 10.5 Å². The number of hydrogen-bond acceptors (Lipinski definition) is 6. The molecule has 2 aromatic rings. The monoisotopic (exact) mass is 361 g/mol. The number of hydrogen-bond donors (Lipinski definition) is 1. The van der Waals surface area contributed by atoms with Crippen LogP contribution in [0.2, 0.25) is 0 Å². The normalized spacial score (nSPS) is 10.8. The van der Waals surface area contributed by atoms with Crippen molar-refractivity contribution in [3.63, 3.8) is 0 Å². The van der Waals surface area contributed by atoms with Crippen molar-refractivity contribution in [2.75, 3.05) is 20.2 Å². The first-order chi connectivity index (χ1) is 12.3. The fourth-order valence-corrected chi connectivity index (χ4v) is 2.76. The van der Waals surface area contributed by atoms with Gasteiger partial charge in [0.15, 0.2) is 5.65 Å². The van der Waals surface area contributed by atoms with Crippen LogP contribution in [-0.4, -0.2) is 57.5 Å². The standard InChI is InChI=1S/C17H23N5O4/c1-5-26-15(24)9-21(4)14(23)7-6-12-10(2)20-17-13(16(18)25)8-19-22(17)11(12)3/h8H,5-7,9H2,1-4H3,(H2,18,25). The molecule has 9 heteroatoms. The molecule has 0 aromatic carbocycles. The van der Waals surface area contributed by atoms with Gasteiger partial charge in [-0.1, -0.05) is 0 Å². The highest BCUT2D eigenvalue weighted by atomic mass is 16.5. The van der Waals surface area contributed by atoms with E-state index in [0.29, 0.717) is 17.8 Å². The minimum absolute atomic E-state index is 0.0803. The molecular weight excluding hydrogens is 338 g/mol. The number of carbonyl (C=O) groups excluding carboxylic acids is 3. The Morgan fingerprint density at radius 2 is 2.00 bits per heavy atom. The van der Waals surface area contributed by atoms with E-state index in [1.54, 1.807) is 18.5 Å². The van der Waals surface area contributed by atoms with Crippen LogP contribution >= 0.6 is 0 Å². The van der Waals surface area contributed by atoms with Crippen molar-refractivity contribution in [2.24, 2.45) is 5.73 Å². The molecule has 0 radical (unpaired) electrons. The van der Waals surface area contributed by atoms with Gasteiger partial charge in [0.05, 0.1) is 12.8 Å². The molecule has 0 aliphatic rings. The molecular formula is C17H23N5O4. The first-order valence-electron chi connectivity index (χ1n) is 8.29. The van der Waals surface area contributed by atoms with E-state index in [1.807, 2.05) is 13.8 Å². The summed E-state index contributed by atoms with van der Waals surface area (Å²) in [5.41, 5.74) is 8.37. The fourth-order valence-electron chi connectivity index (χ4n) is 2.76. The van der Waals surface area contributed by atoms with Gasteiger partial charge in [-0.3, -0.25) is 14.4 Å². The maximum atomic E-state index is 12.2. The number of aryl methyl sites for hydroxylation is 2. The van der Waals surface area contributed by atoms with Gasteiger partial charge in [0.1, 0.15) is 12.1 Å². The molecule has 0 spiro atoms. The predicted octanol–water partition coefficient (Wildman–Crippen LogP) is 0.399. The van der Waals surface area contributed by atoms with Crippen molar-refractivity contribution in [1.82, 2.24) is 19.5 Å². The van der Waals surface area contributed by atoms with Crippen LogP contribution in [0.15, 0.2) is 6.20 Å². The number of nitrogens with two attached hydrogens (primary N) is 1. The van der Waals surface area contributed by atoms with Crippen LogP contribution < -0.4 is 5.73 Å². The van der Waals surface area contributed by atoms with E-state index in [9.17, 15) is 14.4 Å². The molecule has 0 atom stereocenters. The summed E-state index contributed by atoms with van der Waals surface area (Å²) < 4.78 is 6.39. The molecule has 0 unspecified atom stereocenters. The van der Waals surface area contributed by atoms with Gasteiger partial charge in [-0.15, -0.1) is 0 Å². The highest BCUT2D eigenvalue weighted by Crippen LogP contribution is 2.18. The van der Waals surface area contributed by atoms with Crippen LogP contribution in [0, 0.1) is 13.8 Å². The van der Waals surface area contributed by atoms with Crippen LogP contribution in [0.1, 0.15) is 40.7 Å². The maximum Gasteiger partial charge on any atom is 0.325 e. The topological polar surface area (TPSA) is 120 Å².